The van der Waals surface area contributed by atoms with Crippen molar-refractivity contribution in [3.63, 3.8) is 0 Å². The van der Waals surface area contributed by atoms with Crippen LogP contribution in [0.2, 0.25) is 0 Å². The highest BCUT2D eigenvalue weighted by Gasteiger charge is 2.44. The van der Waals surface area contributed by atoms with Gasteiger partial charge in [-0.2, -0.15) is 0 Å². The van der Waals surface area contributed by atoms with Crippen LogP contribution in [0.1, 0.15) is 111 Å². The molecule has 0 bridgehead atoms. The zero-order valence-corrected chi connectivity index (χ0v) is 17.3. The van der Waals surface area contributed by atoms with Crippen LogP contribution in [0.3, 0.4) is 0 Å². The minimum absolute atomic E-state index is 0.408. The smallest absolute Gasteiger partial charge is 0.0581 e. The molecule has 0 aromatic carbocycles. The largest absolute Gasteiger partial charge is 0.376 e. The van der Waals surface area contributed by atoms with Gasteiger partial charge < -0.3 is 4.74 Å². The van der Waals surface area contributed by atoms with Gasteiger partial charge in [-0.25, -0.2) is 0 Å². The van der Waals surface area contributed by atoms with Crippen LogP contribution in [0.15, 0.2) is 0 Å². The molecule has 146 valence electrons. The average Bonchev–Trinajstić information content (AvgIpc) is 2.60. The molecule has 0 radical (unpaired) electrons. The Hall–Kier alpha value is -0.0400. The van der Waals surface area contributed by atoms with Crippen molar-refractivity contribution in [2.24, 2.45) is 29.6 Å². The molecular weight excluding hydrogens is 304 g/mol. The third kappa shape index (κ3) is 5.47. The first-order chi connectivity index (χ1) is 12.2. The number of hydrogen-bond acceptors (Lipinski definition) is 1. The molecule has 0 spiro atoms. The van der Waals surface area contributed by atoms with E-state index in [1.54, 1.807) is 19.3 Å². The molecule has 1 heteroatoms. The summed E-state index contributed by atoms with van der Waals surface area (Å²) in [5.74, 6) is 5.27. The van der Waals surface area contributed by atoms with Gasteiger partial charge in [0.1, 0.15) is 0 Å². The van der Waals surface area contributed by atoms with Crippen LogP contribution in [0.25, 0.3) is 0 Å². The standard InChI is InChI=1S/C24H44O/c1-4-5-6-7-8-9-19-10-14-23-20(16-19)11-12-21-17-22(25-18(2)3)13-15-24(21)23/h18-24H,4-17H2,1-3H3. The lowest BCUT2D eigenvalue weighted by Crippen LogP contribution is -2.43. The Morgan fingerprint density at radius 2 is 1.44 bits per heavy atom. The van der Waals surface area contributed by atoms with Gasteiger partial charge in [0.2, 0.25) is 0 Å². The van der Waals surface area contributed by atoms with E-state index >= 15 is 0 Å². The second-order valence-corrected chi connectivity index (χ2v) is 9.93. The molecule has 3 saturated carbocycles. The summed E-state index contributed by atoms with van der Waals surface area (Å²) >= 11 is 0. The van der Waals surface area contributed by atoms with Crippen LogP contribution < -0.4 is 0 Å². The van der Waals surface area contributed by atoms with Gasteiger partial charge in [-0.05, 0) is 88.4 Å². The monoisotopic (exact) mass is 348 g/mol. The van der Waals surface area contributed by atoms with Crippen LogP contribution in [-0.2, 0) is 4.74 Å². The van der Waals surface area contributed by atoms with Gasteiger partial charge in [-0.15, -0.1) is 0 Å². The molecular formula is C24H44O. The van der Waals surface area contributed by atoms with Crippen LogP contribution >= 0.6 is 0 Å². The number of ether oxygens (including phenoxy) is 1. The molecule has 3 rings (SSSR count). The number of hydrogen-bond donors (Lipinski definition) is 0. The quantitative estimate of drug-likeness (QED) is 0.416. The summed E-state index contributed by atoms with van der Waals surface area (Å²) in [6, 6.07) is 0. The fraction of sp³-hybridized carbons (Fsp3) is 1.00. The topological polar surface area (TPSA) is 9.23 Å². The van der Waals surface area contributed by atoms with Crippen molar-refractivity contribution in [3.8, 4) is 0 Å². The molecule has 0 saturated heterocycles. The van der Waals surface area contributed by atoms with Crippen molar-refractivity contribution >= 4 is 0 Å². The normalized spacial score (nSPS) is 38.4. The molecule has 3 aliphatic carbocycles. The summed E-state index contributed by atoms with van der Waals surface area (Å²) < 4.78 is 6.17. The van der Waals surface area contributed by atoms with E-state index in [-0.39, 0.29) is 0 Å². The van der Waals surface area contributed by atoms with Gasteiger partial charge >= 0.3 is 0 Å². The summed E-state index contributed by atoms with van der Waals surface area (Å²) in [7, 11) is 0. The summed E-state index contributed by atoms with van der Waals surface area (Å²) in [5, 5.41) is 0. The second-order valence-electron chi connectivity index (χ2n) is 9.93. The van der Waals surface area contributed by atoms with E-state index in [4.69, 9.17) is 4.74 Å². The second kappa shape index (κ2) is 9.77. The lowest BCUT2D eigenvalue weighted by Gasteiger charge is -2.51. The minimum atomic E-state index is 0.408. The van der Waals surface area contributed by atoms with Crippen molar-refractivity contribution in [2.75, 3.05) is 0 Å². The number of rotatable bonds is 8. The van der Waals surface area contributed by atoms with Gasteiger partial charge in [0, 0.05) is 0 Å². The van der Waals surface area contributed by atoms with E-state index in [1.807, 2.05) is 0 Å². The Labute approximate surface area is 157 Å². The first-order valence-corrected chi connectivity index (χ1v) is 11.8. The van der Waals surface area contributed by atoms with Crippen molar-refractivity contribution in [3.05, 3.63) is 0 Å². The molecule has 0 heterocycles. The van der Waals surface area contributed by atoms with Gasteiger partial charge in [-0.1, -0.05) is 51.9 Å². The van der Waals surface area contributed by atoms with Crippen LogP contribution in [0.5, 0.6) is 0 Å². The lowest BCUT2D eigenvalue weighted by atomic mass is 9.56. The van der Waals surface area contributed by atoms with Gasteiger partial charge in [0.05, 0.1) is 12.2 Å². The first-order valence-electron chi connectivity index (χ1n) is 11.8. The third-order valence-electron chi connectivity index (χ3n) is 7.78. The van der Waals surface area contributed by atoms with Gasteiger partial charge in [0.25, 0.3) is 0 Å². The molecule has 6 unspecified atom stereocenters. The van der Waals surface area contributed by atoms with E-state index in [1.165, 1.54) is 70.6 Å². The highest BCUT2D eigenvalue weighted by molar-refractivity contribution is 4.94. The van der Waals surface area contributed by atoms with Crippen molar-refractivity contribution < 1.29 is 4.74 Å². The Morgan fingerprint density at radius 3 is 2.16 bits per heavy atom. The predicted molar refractivity (Wildman–Crippen MR) is 108 cm³/mol. The Balaban J connectivity index is 1.42. The number of fused-ring (bicyclic) bond motifs is 3. The zero-order valence-electron chi connectivity index (χ0n) is 17.3. The first kappa shape index (κ1) is 19.7. The molecule has 0 N–H and O–H groups in total. The van der Waals surface area contributed by atoms with Crippen molar-refractivity contribution in [1.29, 1.82) is 0 Å². The molecule has 0 aromatic heterocycles. The van der Waals surface area contributed by atoms with E-state index in [0.717, 1.165) is 29.6 Å². The van der Waals surface area contributed by atoms with Crippen molar-refractivity contribution in [2.45, 2.75) is 123 Å². The fourth-order valence-corrected chi connectivity index (χ4v) is 6.66. The summed E-state index contributed by atoms with van der Waals surface area (Å²) in [4.78, 5) is 0. The fourth-order valence-electron chi connectivity index (χ4n) is 6.66. The van der Waals surface area contributed by atoms with Gasteiger partial charge in [-0.3, -0.25) is 0 Å². The Morgan fingerprint density at radius 1 is 0.760 bits per heavy atom. The SMILES string of the molecule is CCCCCCCC1CCC2C(CCC3CC(OC(C)C)CCC32)C1. The van der Waals surface area contributed by atoms with Crippen LogP contribution in [0, 0.1) is 29.6 Å². The molecule has 3 fully saturated rings. The van der Waals surface area contributed by atoms with E-state index in [9.17, 15) is 0 Å². The van der Waals surface area contributed by atoms with Crippen LogP contribution in [0.4, 0.5) is 0 Å². The molecule has 0 aromatic rings. The molecule has 0 aliphatic heterocycles. The summed E-state index contributed by atoms with van der Waals surface area (Å²) in [6.07, 6.45) is 21.7. The predicted octanol–water partition coefficient (Wildman–Crippen LogP) is 7.38. The molecule has 0 amide bonds. The maximum atomic E-state index is 6.17. The molecule has 6 atom stereocenters. The van der Waals surface area contributed by atoms with E-state index in [0.29, 0.717) is 12.2 Å². The summed E-state index contributed by atoms with van der Waals surface area (Å²) in [6.45, 7) is 6.72. The Bertz CT molecular complexity index is 376. The maximum absolute atomic E-state index is 6.17. The highest BCUT2D eigenvalue weighted by Crippen LogP contribution is 2.53. The van der Waals surface area contributed by atoms with Crippen molar-refractivity contribution in [1.82, 2.24) is 0 Å². The average molecular weight is 349 g/mol. The highest BCUT2D eigenvalue weighted by atomic mass is 16.5. The van der Waals surface area contributed by atoms with E-state index < -0.39 is 0 Å². The lowest BCUT2D eigenvalue weighted by molar-refractivity contribution is -0.0710. The minimum Gasteiger partial charge on any atom is -0.376 e. The zero-order chi connectivity index (χ0) is 17.6. The summed E-state index contributed by atoms with van der Waals surface area (Å²) in [5.41, 5.74) is 0. The van der Waals surface area contributed by atoms with Gasteiger partial charge in [0.15, 0.2) is 0 Å². The molecule has 25 heavy (non-hydrogen) atoms. The molecule has 1 nitrogen and oxygen atoms in total. The van der Waals surface area contributed by atoms with E-state index in [2.05, 4.69) is 20.8 Å². The third-order valence-corrected chi connectivity index (χ3v) is 7.78. The Kier molecular flexibility index (Phi) is 7.70. The molecule has 3 aliphatic rings. The maximum Gasteiger partial charge on any atom is 0.0581 e. The van der Waals surface area contributed by atoms with Crippen LogP contribution in [-0.4, -0.2) is 12.2 Å². The number of unbranched alkanes of at least 4 members (excludes halogenated alkanes) is 4.